The van der Waals surface area contributed by atoms with Crippen LogP contribution in [0, 0.1) is 10.1 Å². The van der Waals surface area contributed by atoms with Gasteiger partial charge in [-0.05, 0) is 43.3 Å². The van der Waals surface area contributed by atoms with Gasteiger partial charge in [-0.1, -0.05) is 0 Å². The molecule has 0 aliphatic carbocycles. The normalized spacial score (nSPS) is 12.2. The predicted octanol–water partition coefficient (Wildman–Crippen LogP) is 2.06. The minimum atomic E-state index is -3.96. The van der Waals surface area contributed by atoms with Crippen LogP contribution in [0.2, 0.25) is 0 Å². The summed E-state index contributed by atoms with van der Waals surface area (Å²) in [6.45, 7) is 0.951. The van der Waals surface area contributed by atoms with Crippen LogP contribution in [0.15, 0.2) is 57.8 Å². The molecular weight excluding hydrogens is 444 g/mol. The molecule has 1 unspecified atom stereocenters. The van der Waals surface area contributed by atoms with E-state index in [-0.39, 0.29) is 29.0 Å². The van der Waals surface area contributed by atoms with Gasteiger partial charge in [-0.25, -0.2) is 8.42 Å². The van der Waals surface area contributed by atoms with Gasteiger partial charge in [0.25, 0.3) is 11.6 Å². The summed E-state index contributed by atoms with van der Waals surface area (Å²) in [5.41, 5.74) is 0.356. The van der Waals surface area contributed by atoms with Gasteiger partial charge in [0.2, 0.25) is 15.9 Å². The van der Waals surface area contributed by atoms with Gasteiger partial charge in [0.15, 0.2) is 6.61 Å². The first kappa shape index (κ1) is 22.8. The van der Waals surface area contributed by atoms with Crippen LogP contribution in [-0.4, -0.2) is 42.7 Å². The number of nitro benzene ring substituents is 1. The van der Waals surface area contributed by atoms with Crippen LogP contribution in [0.3, 0.4) is 0 Å². The zero-order valence-electron chi connectivity index (χ0n) is 16.9. The highest BCUT2D eigenvalue weighted by Crippen LogP contribution is 2.21. The van der Waals surface area contributed by atoms with E-state index in [2.05, 4.69) is 14.9 Å². The van der Waals surface area contributed by atoms with E-state index in [1.54, 1.807) is 0 Å². The fraction of sp³-hybridized carbons (Fsp3) is 0.211. The van der Waals surface area contributed by atoms with Crippen LogP contribution in [0.5, 0.6) is 5.75 Å². The molecule has 13 heteroatoms. The number of hydrogen-bond donors (Lipinski definition) is 1. The van der Waals surface area contributed by atoms with Crippen LogP contribution < -0.4 is 9.46 Å². The SMILES string of the molecule is COc1ccc(S(=O)(=O)NC(C)C(=O)OCc2nnc(-c3ccc([N+](=O)[O-])cc3)o2)cc1. The van der Waals surface area contributed by atoms with Crippen LogP contribution in [-0.2, 0) is 26.2 Å². The maximum absolute atomic E-state index is 12.4. The van der Waals surface area contributed by atoms with Gasteiger partial charge in [0.05, 0.1) is 16.9 Å². The number of rotatable bonds is 9. The number of benzene rings is 2. The molecule has 3 rings (SSSR count). The van der Waals surface area contributed by atoms with Gasteiger partial charge in [-0.15, -0.1) is 10.2 Å². The molecule has 2 aromatic carbocycles. The molecule has 1 N–H and O–H groups in total. The number of nitro groups is 1. The maximum atomic E-state index is 12.4. The number of ether oxygens (including phenoxy) is 2. The van der Waals surface area contributed by atoms with Crippen molar-refractivity contribution in [3.63, 3.8) is 0 Å². The molecule has 0 amide bonds. The highest BCUT2D eigenvalue weighted by Gasteiger charge is 2.24. The number of esters is 1. The molecule has 3 aromatic rings. The Balaban J connectivity index is 1.57. The van der Waals surface area contributed by atoms with Gasteiger partial charge in [0, 0.05) is 17.7 Å². The molecule has 0 aliphatic rings. The van der Waals surface area contributed by atoms with E-state index in [9.17, 15) is 23.3 Å². The van der Waals surface area contributed by atoms with E-state index in [0.717, 1.165) is 0 Å². The number of carbonyl (C=O) groups excluding carboxylic acids is 1. The monoisotopic (exact) mass is 462 g/mol. The van der Waals surface area contributed by atoms with Crippen LogP contribution in [0.1, 0.15) is 12.8 Å². The Morgan fingerprint density at radius 3 is 2.41 bits per heavy atom. The minimum Gasteiger partial charge on any atom is -0.497 e. The molecule has 32 heavy (non-hydrogen) atoms. The number of sulfonamides is 1. The lowest BCUT2D eigenvalue weighted by Gasteiger charge is -2.13. The van der Waals surface area contributed by atoms with Crippen molar-refractivity contribution >= 4 is 21.7 Å². The summed E-state index contributed by atoms with van der Waals surface area (Å²) in [6, 6.07) is 9.93. The fourth-order valence-corrected chi connectivity index (χ4v) is 3.71. The molecule has 0 saturated carbocycles. The topological polar surface area (TPSA) is 164 Å². The smallest absolute Gasteiger partial charge is 0.324 e. The van der Waals surface area contributed by atoms with Crippen LogP contribution >= 0.6 is 0 Å². The van der Waals surface area contributed by atoms with Crippen molar-refractivity contribution in [2.45, 2.75) is 24.5 Å². The second kappa shape index (κ2) is 9.53. The Morgan fingerprint density at radius 2 is 1.81 bits per heavy atom. The van der Waals surface area contributed by atoms with Gasteiger partial charge in [0.1, 0.15) is 11.8 Å². The number of nitrogens with zero attached hydrogens (tertiary/aromatic N) is 3. The Bertz CT molecular complexity index is 1210. The van der Waals surface area contributed by atoms with E-state index < -0.39 is 27.0 Å². The minimum absolute atomic E-state index is 0.0306. The fourth-order valence-electron chi connectivity index (χ4n) is 2.52. The molecule has 12 nitrogen and oxygen atoms in total. The zero-order valence-corrected chi connectivity index (χ0v) is 17.7. The number of methoxy groups -OCH3 is 1. The van der Waals surface area contributed by atoms with Gasteiger partial charge in [-0.3, -0.25) is 14.9 Å². The van der Waals surface area contributed by atoms with Crippen molar-refractivity contribution in [3.8, 4) is 17.2 Å². The lowest BCUT2D eigenvalue weighted by Crippen LogP contribution is -2.39. The van der Waals surface area contributed by atoms with Crippen molar-refractivity contribution in [1.82, 2.24) is 14.9 Å². The summed E-state index contributed by atoms with van der Waals surface area (Å²) in [7, 11) is -2.50. The summed E-state index contributed by atoms with van der Waals surface area (Å²) < 4.78 is 42.4. The number of non-ortho nitro benzene ring substituents is 1. The summed E-state index contributed by atoms with van der Waals surface area (Å²) in [5, 5.41) is 18.2. The van der Waals surface area contributed by atoms with E-state index in [4.69, 9.17) is 13.9 Å². The molecule has 0 spiro atoms. The molecule has 0 aliphatic heterocycles. The second-order valence-corrected chi connectivity index (χ2v) is 8.15. The Labute approximate surface area is 182 Å². The van der Waals surface area contributed by atoms with E-state index in [1.165, 1.54) is 62.6 Å². The summed E-state index contributed by atoms with van der Waals surface area (Å²) in [5.74, 6) is -0.308. The lowest BCUT2D eigenvalue weighted by molar-refractivity contribution is -0.384. The largest absolute Gasteiger partial charge is 0.497 e. The van der Waals surface area contributed by atoms with Crippen LogP contribution in [0.4, 0.5) is 5.69 Å². The van der Waals surface area contributed by atoms with Crippen molar-refractivity contribution in [3.05, 3.63) is 64.5 Å². The zero-order chi connectivity index (χ0) is 23.3. The Kier molecular flexibility index (Phi) is 6.80. The van der Waals surface area contributed by atoms with E-state index in [1.807, 2.05) is 0 Å². The van der Waals surface area contributed by atoms with Crippen molar-refractivity contribution in [2.75, 3.05) is 7.11 Å². The average Bonchev–Trinajstić information content (AvgIpc) is 3.26. The van der Waals surface area contributed by atoms with E-state index >= 15 is 0 Å². The molecule has 0 saturated heterocycles. The Morgan fingerprint density at radius 1 is 1.16 bits per heavy atom. The van der Waals surface area contributed by atoms with Gasteiger partial charge < -0.3 is 13.9 Å². The molecule has 0 radical (unpaired) electrons. The predicted molar refractivity (Wildman–Crippen MR) is 109 cm³/mol. The van der Waals surface area contributed by atoms with Crippen LogP contribution in [0.25, 0.3) is 11.5 Å². The third kappa shape index (κ3) is 5.44. The van der Waals surface area contributed by atoms with Crippen molar-refractivity contribution in [2.24, 2.45) is 0 Å². The number of nitrogens with one attached hydrogen (secondary N) is 1. The third-order valence-corrected chi connectivity index (χ3v) is 5.74. The van der Waals surface area contributed by atoms with Crippen molar-refractivity contribution in [1.29, 1.82) is 0 Å². The number of hydrogen-bond acceptors (Lipinski definition) is 10. The number of carbonyl (C=O) groups is 1. The standard InChI is InChI=1S/C19H18N4O8S/c1-12(22-32(27,28)16-9-7-15(29-2)8-10-16)19(24)30-11-17-20-21-18(31-17)13-3-5-14(6-4-13)23(25)26/h3-10,12,22H,11H2,1-2H3. The third-order valence-electron chi connectivity index (χ3n) is 4.19. The summed E-state index contributed by atoms with van der Waals surface area (Å²) in [6.07, 6.45) is 0. The first-order valence-electron chi connectivity index (χ1n) is 9.10. The highest BCUT2D eigenvalue weighted by molar-refractivity contribution is 7.89. The van der Waals surface area contributed by atoms with Gasteiger partial charge in [-0.2, -0.15) is 4.72 Å². The Hall–Kier alpha value is -3.84. The lowest BCUT2D eigenvalue weighted by atomic mass is 10.2. The molecule has 1 atom stereocenters. The average molecular weight is 462 g/mol. The molecule has 1 aromatic heterocycles. The van der Waals surface area contributed by atoms with Gasteiger partial charge >= 0.3 is 5.97 Å². The first-order valence-corrected chi connectivity index (χ1v) is 10.6. The second-order valence-electron chi connectivity index (χ2n) is 6.43. The molecule has 0 fully saturated rings. The summed E-state index contributed by atoms with van der Waals surface area (Å²) >= 11 is 0. The summed E-state index contributed by atoms with van der Waals surface area (Å²) in [4.78, 5) is 22.3. The quantitative estimate of drug-likeness (QED) is 0.283. The van der Waals surface area contributed by atoms with E-state index in [0.29, 0.717) is 11.3 Å². The first-order chi connectivity index (χ1) is 15.2. The van der Waals surface area contributed by atoms with Crippen molar-refractivity contribution < 1.29 is 32.0 Å². The number of aromatic nitrogens is 2. The highest BCUT2D eigenvalue weighted by atomic mass is 32.2. The molecular formula is C19H18N4O8S. The molecule has 168 valence electrons. The molecule has 0 bridgehead atoms. The molecule has 1 heterocycles. The maximum Gasteiger partial charge on any atom is 0.324 e.